The van der Waals surface area contributed by atoms with Crippen molar-refractivity contribution in [2.45, 2.75) is 24.7 Å². The van der Waals surface area contributed by atoms with Crippen molar-refractivity contribution >= 4 is 27.8 Å². The van der Waals surface area contributed by atoms with Crippen LogP contribution in [0.4, 0.5) is 17.1 Å². The fourth-order valence-corrected chi connectivity index (χ4v) is 11.7. The minimum absolute atomic E-state index is 0.149. The van der Waals surface area contributed by atoms with Crippen LogP contribution in [-0.2, 0) is 10.8 Å². The Morgan fingerprint density at radius 3 is 1.46 bits per heavy atom. The molecule has 0 radical (unpaired) electrons. The van der Waals surface area contributed by atoms with Gasteiger partial charge in [0.15, 0.2) is 0 Å². The number of anilines is 3. The molecule has 0 amide bonds. The lowest BCUT2D eigenvalue weighted by molar-refractivity contribution is 0.661. The number of nitrogens with zero attached hydrogens (tertiary/aromatic N) is 1. The van der Waals surface area contributed by atoms with Gasteiger partial charge in [-0.25, -0.2) is 0 Å². The maximum Gasteiger partial charge on any atom is 0.0726 e. The van der Waals surface area contributed by atoms with Crippen molar-refractivity contribution in [3.63, 3.8) is 0 Å². The van der Waals surface area contributed by atoms with Gasteiger partial charge in [0.05, 0.1) is 11.1 Å². The van der Waals surface area contributed by atoms with Crippen LogP contribution in [0.5, 0.6) is 0 Å². The number of benzene rings is 10. The van der Waals surface area contributed by atoms with E-state index in [-0.39, 0.29) is 5.41 Å². The van der Waals surface area contributed by atoms with E-state index >= 15 is 0 Å². The zero-order chi connectivity index (χ0) is 41.9. The molecule has 3 aliphatic rings. The van der Waals surface area contributed by atoms with Crippen molar-refractivity contribution in [2.75, 3.05) is 4.90 Å². The topological polar surface area (TPSA) is 3.24 Å². The fourth-order valence-electron chi connectivity index (χ4n) is 11.7. The van der Waals surface area contributed by atoms with E-state index in [1.807, 2.05) is 0 Å². The molecule has 10 aromatic carbocycles. The summed E-state index contributed by atoms with van der Waals surface area (Å²) in [6, 6.07) is 84.0. The first-order chi connectivity index (χ1) is 31.0. The van der Waals surface area contributed by atoms with Gasteiger partial charge in [-0.15, -0.1) is 0 Å². The molecule has 1 heteroatoms. The van der Waals surface area contributed by atoms with E-state index < -0.39 is 5.41 Å². The molecule has 0 N–H and O–H groups in total. The van der Waals surface area contributed by atoms with E-state index in [1.165, 1.54) is 99.8 Å². The van der Waals surface area contributed by atoms with E-state index in [4.69, 9.17) is 0 Å². The van der Waals surface area contributed by atoms with Gasteiger partial charge in [-0.05, 0) is 137 Å². The summed E-state index contributed by atoms with van der Waals surface area (Å²) in [4.78, 5) is 2.51. The highest BCUT2D eigenvalue weighted by Gasteiger charge is 2.51. The zero-order valence-corrected chi connectivity index (χ0v) is 35.3. The van der Waals surface area contributed by atoms with Gasteiger partial charge in [-0.1, -0.05) is 196 Å². The second-order valence-corrected chi connectivity index (χ2v) is 18.0. The Kier molecular flexibility index (Phi) is 7.64. The molecule has 0 fully saturated rings. The molecule has 0 bridgehead atoms. The van der Waals surface area contributed by atoms with Crippen molar-refractivity contribution in [3.8, 4) is 55.6 Å². The summed E-state index contributed by atoms with van der Waals surface area (Å²) in [5.41, 5.74) is 23.6. The van der Waals surface area contributed by atoms with Crippen molar-refractivity contribution < 1.29 is 0 Å². The molecule has 0 heterocycles. The summed E-state index contributed by atoms with van der Waals surface area (Å²) in [6.45, 7) is 4.78. The minimum Gasteiger partial charge on any atom is -0.310 e. The van der Waals surface area contributed by atoms with Gasteiger partial charge in [0, 0.05) is 22.4 Å². The van der Waals surface area contributed by atoms with Crippen LogP contribution in [0.25, 0.3) is 66.4 Å². The highest BCUT2D eigenvalue weighted by molar-refractivity contribution is 6.02. The molecule has 0 saturated heterocycles. The first-order valence-corrected chi connectivity index (χ1v) is 22.2. The third-order valence-corrected chi connectivity index (χ3v) is 14.5. The molecule has 0 aliphatic heterocycles. The number of hydrogen-bond acceptors (Lipinski definition) is 1. The molecule has 0 unspecified atom stereocenters. The van der Waals surface area contributed by atoms with Crippen LogP contribution in [0.15, 0.2) is 224 Å². The Morgan fingerprint density at radius 1 is 0.302 bits per heavy atom. The maximum absolute atomic E-state index is 2.51. The summed E-state index contributed by atoms with van der Waals surface area (Å²) in [6.07, 6.45) is 0. The predicted octanol–water partition coefficient (Wildman–Crippen LogP) is 16.3. The van der Waals surface area contributed by atoms with Crippen LogP contribution in [0.3, 0.4) is 0 Å². The van der Waals surface area contributed by atoms with Crippen molar-refractivity contribution in [1.29, 1.82) is 0 Å². The van der Waals surface area contributed by atoms with E-state index in [0.29, 0.717) is 0 Å². The molecule has 0 aromatic heterocycles. The van der Waals surface area contributed by atoms with E-state index in [0.717, 1.165) is 17.1 Å². The lowest BCUT2D eigenvalue weighted by atomic mass is 9.70. The fraction of sp³-hybridized carbons (Fsp3) is 0.0645. The SMILES string of the molecule is CC1(C)c2cc3ccccc3cc2-c2c(-c3ccccc3N(c3ccc(-c4ccccc4)cc3)c3ccc4c(c3)C3(c5ccccc5-c5ccccc53)c3ccccc3-4)cccc21. The first kappa shape index (κ1) is 36.0. The monoisotopic (exact) mass is 801 g/mol. The molecule has 1 spiro atoms. The van der Waals surface area contributed by atoms with Gasteiger partial charge < -0.3 is 4.90 Å². The largest absolute Gasteiger partial charge is 0.310 e. The van der Waals surface area contributed by atoms with Crippen molar-refractivity contribution in [2.24, 2.45) is 0 Å². The number of fused-ring (bicyclic) bond motifs is 14. The van der Waals surface area contributed by atoms with Gasteiger partial charge in [0.25, 0.3) is 0 Å². The molecule has 296 valence electrons. The number of para-hydroxylation sites is 1. The second-order valence-electron chi connectivity index (χ2n) is 18.0. The molecule has 3 aliphatic carbocycles. The average Bonchev–Trinajstić information content (AvgIpc) is 3.90. The normalized spacial score (nSPS) is 14.1. The first-order valence-electron chi connectivity index (χ1n) is 22.2. The summed E-state index contributed by atoms with van der Waals surface area (Å²) in [7, 11) is 0. The lowest BCUT2D eigenvalue weighted by Gasteiger charge is -2.33. The molecule has 1 nitrogen and oxygen atoms in total. The van der Waals surface area contributed by atoms with Gasteiger partial charge in [0.2, 0.25) is 0 Å². The molecule has 13 rings (SSSR count). The summed E-state index contributed by atoms with van der Waals surface area (Å²) in [5.74, 6) is 0. The third-order valence-electron chi connectivity index (χ3n) is 14.5. The van der Waals surface area contributed by atoms with Crippen LogP contribution in [0.2, 0.25) is 0 Å². The summed E-state index contributed by atoms with van der Waals surface area (Å²) < 4.78 is 0. The van der Waals surface area contributed by atoms with E-state index in [1.54, 1.807) is 0 Å². The molecular formula is C62H43N. The maximum atomic E-state index is 2.51. The van der Waals surface area contributed by atoms with E-state index in [2.05, 4.69) is 243 Å². The summed E-state index contributed by atoms with van der Waals surface area (Å²) >= 11 is 0. The Hall–Kier alpha value is -7.74. The Bertz CT molecular complexity index is 3420. The minimum atomic E-state index is -0.449. The quantitative estimate of drug-likeness (QED) is 0.168. The second kappa shape index (κ2) is 13.4. The smallest absolute Gasteiger partial charge is 0.0726 e. The molecule has 10 aromatic rings. The number of rotatable bonds is 5. The van der Waals surface area contributed by atoms with Crippen molar-refractivity contribution in [1.82, 2.24) is 0 Å². The van der Waals surface area contributed by atoms with Crippen LogP contribution in [-0.4, -0.2) is 0 Å². The summed E-state index contributed by atoms with van der Waals surface area (Å²) in [5, 5.41) is 2.56. The highest BCUT2D eigenvalue weighted by atomic mass is 15.1. The van der Waals surface area contributed by atoms with Gasteiger partial charge in [-0.2, -0.15) is 0 Å². The van der Waals surface area contributed by atoms with Crippen LogP contribution < -0.4 is 4.90 Å². The van der Waals surface area contributed by atoms with Crippen LogP contribution >= 0.6 is 0 Å². The molecule has 0 atom stereocenters. The van der Waals surface area contributed by atoms with Crippen LogP contribution in [0, 0.1) is 0 Å². The Labute approximate surface area is 369 Å². The van der Waals surface area contributed by atoms with Crippen LogP contribution in [0.1, 0.15) is 47.2 Å². The Morgan fingerprint density at radius 2 is 0.794 bits per heavy atom. The lowest BCUT2D eigenvalue weighted by Crippen LogP contribution is -2.26. The predicted molar refractivity (Wildman–Crippen MR) is 263 cm³/mol. The third kappa shape index (κ3) is 4.99. The van der Waals surface area contributed by atoms with Gasteiger partial charge in [0.1, 0.15) is 0 Å². The molecular weight excluding hydrogens is 759 g/mol. The zero-order valence-electron chi connectivity index (χ0n) is 35.3. The standard InChI is InChI=1S/C62H43N/c1-61(2)56-29-16-25-51(60(56)52-37-42-19-6-7-20-43(42)38-57(52)61)50-24-11-15-30-59(50)63(44-33-31-41(32-34-44)40-17-4-3-5-18-40)45-35-36-49-48-23-10-14-28-55(48)62(58(49)39-45)53-26-12-8-21-46(53)47-22-9-13-27-54(47)62/h3-39H,1-2H3. The highest BCUT2D eigenvalue weighted by Crippen LogP contribution is 2.63. The molecule has 0 saturated carbocycles. The van der Waals surface area contributed by atoms with E-state index in [9.17, 15) is 0 Å². The number of hydrogen-bond donors (Lipinski definition) is 0. The Balaban J connectivity index is 1.07. The van der Waals surface area contributed by atoms with Gasteiger partial charge in [-0.3, -0.25) is 0 Å². The van der Waals surface area contributed by atoms with Crippen molar-refractivity contribution in [3.05, 3.63) is 258 Å². The van der Waals surface area contributed by atoms with Gasteiger partial charge >= 0.3 is 0 Å². The average molecular weight is 802 g/mol. The molecule has 63 heavy (non-hydrogen) atoms.